The van der Waals surface area contributed by atoms with E-state index in [1.54, 1.807) is 4.90 Å². The molecular formula is C11H19NO5. The predicted molar refractivity (Wildman–Crippen MR) is 59.5 cm³/mol. The number of hydrogen-bond acceptors (Lipinski definition) is 4. The molecule has 0 aliphatic carbocycles. The van der Waals surface area contributed by atoms with Gasteiger partial charge in [-0.05, 0) is 12.8 Å². The molecule has 0 radical (unpaired) electrons. The molecule has 17 heavy (non-hydrogen) atoms. The van der Waals surface area contributed by atoms with Crippen molar-refractivity contribution in [3.05, 3.63) is 0 Å². The van der Waals surface area contributed by atoms with Gasteiger partial charge >= 0.3 is 5.97 Å². The lowest BCUT2D eigenvalue weighted by atomic mass is 10.1. The number of carboxylic acids is 1. The zero-order valence-electron chi connectivity index (χ0n) is 9.80. The summed E-state index contributed by atoms with van der Waals surface area (Å²) in [5.41, 5.74) is 0. The number of aliphatic hydroxyl groups excluding tert-OH is 1. The van der Waals surface area contributed by atoms with E-state index in [2.05, 4.69) is 0 Å². The lowest BCUT2D eigenvalue weighted by molar-refractivity contribution is -0.142. The Morgan fingerprint density at radius 3 is 2.65 bits per heavy atom. The fourth-order valence-corrected chi connectivity index (χ4v) is 1.83. The highest BCUT2D eigenvalue weighted by atomic mass is 16.5. The zero-order valence-corrected chi connectivity index (χ0v) is 9.80. The minimum Gasteiger partial charge on any atom is -0.481 e. The second kappa shape index (κ2) is 7.24. The van der Waals surface area contributed by atoms with Crippen molar-refractivity contribution in [1.29, 1.82) is 0 Å². The van der Waals surface area contributed by atoms with E-state index < -0.39 is 5.97 Å². The monoisotopic (exact) mass is 245 g/mol. The molecule has 6 nitrogen and oxygen atoms in total. The molecule has 1 atom stereocenters. The van der Waals surface area contributed by atoms with E-state index in [0.29, 0.717) is 39.0 Å². The molecule has 0 saturated carbocycles. The molecule has 1 heterocycles. The molecule has 1 amide bonds. The molecule has 1 unspecified atom stereocenters. The van der Waals surface area contributed by atoms with Gasteiger partial charge in [-0.3, -0.25) is 9.59 Å². The van der Waals surface area contributed by atoms with Gasteiger partial charge in [-0.15, -0.1) is 0 Å². The van der Waals surface area contributed by atoms with Crippen LogP contribution in [0, 0.1) is 0 Å². The van der Waals surface area contributed by atoms with E-state index >= 15 is 0 Å². The van der Waals surface area contributed by atoms with Gasteiger partial charge in [0.15, 0.2) is 0 Å². The van der Waals surface area contributed by atoms with Crippen molar-refractivity contribution in [2.75, 3.05) is 26.4 Å². The van der Waals surface area contributed by atoms with Crippen molar-refractivity contribution in [3.8, 4) is 0 Å². The topological polar surface area (TPSA) is 87.1 Å². The number of hydrogen-bond donors (Lipinski definition) is 2. The van der Waals surface area contributed by atoms with E-state index in [4.69, 9.17) is 14.9 Å². The number of carboxylic acid groups (broad SMARTS) is 1. The number of carbonyl (C=O) groups excluding carboxylic acids is 1. The van der Waals surface area contributed by atoms with Gasteiger partial charge in [0.1, 0.15) is 0 Å². The maximum atomic E-state index is 11.8. The highest BCUT2D eigenvalue weighted by Crippen LogP contribution is 2.10. The highest BCUT2D eigenvalue weighted by Gasteiger charge is 2.25. The van der Waals surface area contributed by atoms with Crippen LogP contribution in [0.2, 0.25) is 0 Å². The normalized spacial score (nSPS) is 20.3. The second-order valence-corrected chi connectivity index (χ2v) is 4.10. The van der Waals surface area contributed by atoms with Gasteiger partial charge in [-0.1, -0.05) is 0 Å². The number of unbranched alkanes of at least 4 members (excludes halogenated alkanes) is 1. The Bertz CT molecular complexity index is 269. The number of morpholine rings is 1. The molecule has 1 aliphatic heterocycles. The van der Waals surface area contributed by atoms with Crippen LogP contribution in [-0.4, -0.2) is 59.4 Å². The van der Waals surface area contributed by atoms with Crippen LogP contribution in [0.5, 0.6) is 0 Å². The average molecular weight is 245 g/mol. The van der Waals surface area contributed by atoms with Gasteiger partial charge in [0.25, 0.3) is 0 Å². The molecule has 2 N–H and O–H groups in total. The molecule has 0 aromatic rings. The maximum absolute atomic E-state index is 11.8. The Labute approximate surface area is 100 Å². The average Bonchev–Trinajstić information content (AvgIpc) is 2.34. The molecule has 0 bridgehead atoms. The molecule has 0 spiro atoms. The summed E-state index contributed by atoms with van der Waals surface area (Å²) in [6, 6.07) is -0.254. The molecule has 1 saturated heterocycles. The number of nitrogens with zero attached hydrogens (tertiary/aromatic N) is 1. The molecule has 6 heteroatoms. The fourth-order valence-electron chi connectivity index (χ4n) is 1.83. The van der Waals surface area contributed by atoms with Crippen LogP contribution in [0.15, 0.2) is 0 Å². The van der Waals surface area contributed by atoms with E-state index in [9.17, 15) is 9.59 Å². The molecule has 1 aliphatic rings. The number of aliphatic hydroxyl groups is 1. The van der Waals surface area contributed by atoms with E-state index in [-0.39, 0.29) is 25.0 Å². The van der Waals surface area contributed by atoms with Crippen LogP contribution in [0.25, 0.3) is 0 Å². The van der Waals surface area contributed by atoms with E-state index in [1.165, 1.54) is 0 Å². The zero-order chi connectivity index (χ0) is 12.7. The maximum Gasteiger partial charge on any atom is 0.303 e. The van der Waals surface area contributed by atoms with Gasteiger partial charge in [-0.25, -0.2) is 0 Å². The molecular weight excluding hydrogens is 226 g/mol. The molecule has 98 valence electrons. The minimum absolute atomic E-state index is 0.0299. The van der Waals surface area contributed by atoms with Crippen molar-refractivity contribution < 1.29 is 24.5 Å². The predicted octanol–water partition coefficient (Wildman–Crippen LogP) is -0.149. The number of ether oxygens (including phenoxy) is 1. The first-order valence-electron chi connectivity index (χ1n) is 5.85. The Morgan fingerprint density at radius 1 is 1.29 bits per heavy atom. The summed E-state index contributed by atoms with van der Waals surface area (Å²) in [7, 11) is 0. The Hall–Kier alpha value is -1.14. The molecule has 0 aromatic carbocycles. The fraction of sp³-hybridized carbons (Fsp3) is 0.818. The lowest BCUT2D eigenvalue weighted by Crippen LogP contribution is -2.50. The van der Waals surface area contributed by atoms with Gasteiger partial charge in [0.05, 0.1) is 25.9 Å². The molecule has 1 rings (SSSR count). The summed E-state index contributed by atoms with van der Waals surface area (Å²) in [5.74, 6) is -0.866. The SMILES string of the molecule is O=C(O)CCCCC(=O)N1CCOCC1CO. The largest absolute Gasteiger partial charge is 0.481 e. The van der Waals surface area contributed by atoms with Crippen LogP contribution in [0.4, 0.5) is 0 Å². The number of amides is 1. The summed E-state index contributed by atoms with van der Waals surface area (Å²) >= 11 is 0. The van der Waals surface area contributed by atoms with Crippen molar-refractivity contribution in [1.82, 2.24) is 4.90 Å². The lowest BCUT2D eigenvalue weighted by Gasteiger charge is -2.34. The van der Waals surface area contributed by atoms with E-state index in [0.717, 1.165) is 0 Å². The Kier molecular flexibility index (Phi) is 5.93. The van der Waals surface area contributed by atoms with Gasteiger partial charge in [0.2, 0.25) is 5.91 Å². The third-order valence-electron chi connectivity index (χ3n) is 2.79. The molecule has 1 fully saturated rings. The Balaban J connectivity index is 2.27. The van der Waals surface area contributed by atoms with Gasteiger partial charge < -0.3 is 19.8 Å². The quantitative estimate of drug-likeness (QED) is 0.635. The first kappa shape index (κ1) is 13.9. The third kappa shape index (κ3) is 4.70. The first-order valence-corrected chi connectivity index (χ1v) is 5.85. The number of rotatable bonds is 6. The van der Waals surface area contributed by atoms with Crippen LogP contribution in [-0.2, 0) is 14.3 Å². The van der Waals surface area contributed by atoms with Gasteiger partial charge in [0, 0.05) is 19.4 Å². The summed E-state index contributed by atoms with van der Waals surface area (Å²) in [4.78, 5) is 23.8. The minimum atomic E-state index is -0.836. The standard InChI is InChI=1S/C11H19NO5/c13-7-9-8-17-6-5-12(9)10(14)3-1-2-4-11(15)16/h9,13H,1-8H2,(H,15,16). The molecule has 0 aromatic heterocycles. The summed E-state index contributed by atoms with van der Waals surface area (Å²) < 4.78 is 5.18. The van der Waals surface area contributed by atoms with Crippen molar-refractivity contribution in [2.24, 2.45) is 0 Å². The van der Waals surface area contributed by atoms with Gasteiger partial charge in [-0.2, -0.15) is 0 Å². The first-order chi connectivity index (χ1) is 8.15. The number of carbonyl (C=O) groups is 2. The summed E-state index contributed by atoms with van der Waals surface area (Å²) in [6.07, 6.45) is 1.51. The van der Waals surface area contributed by atoms with Crippen molar-refractivity contribution >= 4 is 11.9 Å². The third-order valence-corrected chi connectivity index (χ3v) is 2.79. The second-order valence-electron chi connectivity index (χ2n) is 4.10. The van der Waals surface area contributed by atoms with Crippen LogP contribution < -0.4 is 0 Å². The summed E-state index contributed by atoms with van der Waals surface area (Å²) in [5, 5.41) is 17.6. The smallest absolute Gasteiger partial charge is 0.303 e. The van der Waals surface area contributed by atoms with Crippen LogP contribution >= 0.6 is 0 Å². The van der Waals surface area contributed by atoms with Crippen LogP contribution in [0.3, 0.4) is 0 Å². The van der Waals surface area contributed by atoms with E-state index in [1.807, 2.05) is 0 Å². The number of aliphatic carboxylic acids is 1. The Morgan fingerprint density at radius 2 is 2.00 bits per heavy atom. The highest BCUT2D eigenvalue weighted by molar-refractivity contribution is 5.76. The summed E-state index contributed by atoms with van der Waals surface area (Å²) in [6.45, 7) is 1.28. The van der Waals surface area contributed by atoms with Crippen molar-refractivity contribution in [2.45, 2.75) is 31.7 Å². The van der Waals surface area contributed by atoms with Crippen LogP contribution in [0.1, 0.15) is 25.7 Å². The van der Waals surface area contributed by atoms with Crippen molar-refractivity contribution in [3.63, 3.8) is 0 Å².